The maximum Gasteiger partial charge on any atom is 0.260 e. The highest BCUT2D eigenvalue weighted by Crippen LogP contribution is 2.24. The van der Waals surface area contributed by atoms with E-state index in [0.717, 1.165) is 18.7 Å². The van der Waals surface area contributed by atoms with E-state index >= 15 is 0 Å². The van der Waals surface area contributed by atoms with Crippen molar-refractivity contribution in [1.82, 2.24) is 5.32 Å². The number of carbonyl (C=O) groups excluding carboxylic acids is 1. The Morgan fingerprint density at radius 1 is 1.17 bits per heavy atom. The van der Waals surface area contributed by atoms with E-state index in [9.17, 15) is 4.79 Å². The summed E-state index contributed by atoms with van der Waals surface area (Å²) in [7, 11) is 0. The van der Waals surface area contributed by atoms with Crippen molar-refractivity contribution in [3.8, 4) is 5.75 Å². The van der Waals surface area contributed by atoms with Crippen LogP contribution in [-0.2, 0) is 10.2 Å². The van der Waals surface area contributed by atoms with E-state index in [-0.39, 0.29) is 11.3 Å². The zero-order valence-corrected chi connectivity index (χ0v) is 16.3. The zero-order chi connectivity index (χ0) is 18.2. The molecule has 1 rings (SSSR count). The SMILES string of the molecule is CCCC[C@H](CC)CNC(=O)[C@@H](C)Oc1ccc(C(C)(C)C)cc1. The van der Waals surface area contributed by atoms with Crippen LogP contribution in [0.5, 0.6) is 5.75 Å². The lowest BCUT2D eigenvalue weighted by Crippen LogP contribution is -2.38. The Kier molecular flexibility index (Phi) is 8.30. The second-order valence-corrected chi connectivity index (χ2v) is 7.70. The maximum atomic E-state index is 12.2. The molecule has 0 aliphatic heterocycles. The summed E-state index contributed by atoms with van der Waals surface area (Å²) in [6.07, 6.45) is 4.23. The van der Waals surface area contributed by atoms with Crippen LogP contribution in [0, 0.1) is 5.92 Å². The molecule has 24 heavy (non-hydrogen) atoms. The number of amides is 1. The summed E-state index contributed by atoms with van der Waals surface area (Å²) in [5.41, 5.74) is 1.38. The topological polar surface area (TPSA) is 38.3 Å². The Morgan fingerprint density at radius 2 is 1.79 bits per heavy atom. The highest BCUT2D eigenvalue weighted by Gasteiger charge is 2.17. The number of nitrogens with one attached hydrogen (secondary N) is 1. The van der Waals surface area contributed by atoms with Gasteiger partial charge in [-0.05, 0) is 42.4 Å². The molecule has 136 valence electrons. The van der Waals surface area contributed by atoms with Crippen molar-refractivity contribution in [2.24, 2.45) is 5.92 Å². The highest BCUT2D eigenvalue weighted by molar-refractivity contribution is 5.80. The van der Waals surface area contributed by atoms with Crippen LogP contribution in [-0.4, -0.2) is 18.6 Å². The van der Waals surface area contributed by atoms with Gasteiger partial charge in [0.05, 0.1) is 0 Å². The minimum Gasteiger partial charge on any atom is -0.481 e. The Labute approximate surface area is 148 Å². The van der Waals surface area contributed by atoms with Crippen molar-refractivity contribution in [1.29, 1.82) is 0 Å². The van der Waals surface area contributed by atoms with Crippen molar-refractivity contribution in [2.75, 3.05) is 6.54 Å². The van der Waals surface area contributed by atoms with Gasteiger partial charge in [-0.2, -0.15) is 0 Å². The number of hydrogen-bond acceptors (Lipinski definition) is 2. The molecule has 0 aliphatic rings. The summed E-state index contributed by atoms with van der Waals surface area (Å²) < 4.78 is 5.78. The van der Waals surface area contributed by atoms with Crippen LogP contribution in [0.25, 0.3) is 0 Å². The van der Waals surface area contributed by atoms with Gasteiger partial charge in [-0.15, -0.1) is 0 Å². The van der Waals surface area contributed by atoms with Gasteiger partial charge in [0.15, 0.2) is 6.10 Å². The first-order chi connectivity index (χ1) is 11.3. The van der Waals surface area contributed by atoms with Crippen LogP contribution in [0.15, 0.2) is 24.3 Å². The van der Waals surface area contributed by atoms with Gasteiger partial charge in [-0.3, -0.25) is 4.79 Å². The van der Waals surface area contributed by atoms with E-state index in [1.807, 2.05) is 12.1 Å². The highest BCUT2D eigenvalue weighted by atomic mass is 16.5. The molecule has 2 atom stereocenters. The lowest BCUT2D eigenvalue weighted by molar-refractivity contribution is -0.127. The molecule has 0 unspecified atom stereocenters. The Balaban J connectivity index is 2.48. The molecule has 1 aromatic carbocycles. The summed E-state index contributed by atoms with van der Waals surface area (Å²) in [6, 6.07) is 8.02. The van der Waals surface area contributed by atoms with E-state index < -0.39 is 6.10 Å². The Bertz CT molecular complexity index is 488. The predicted octanol–water partition coefficient (Wildman–Crippen LogP) is 5.08. The molecule has 0 saturated heterocycles. The molecule has 0 fully saturated rings. The summed E-state index contributed by atoms with van der Waals surface area (Å²) in [6.45, 7) is 13.5. The summed E-state index contributed by atoms with van der Waals surface area (Å²) in [5.74, 6) is 1.26. The Hall–Kier alpha value is -1.51. The average Bonchev–Trinajstić information content (AvgIpc) is 2.54. The molecular formula is C21H35NO2. The predicted molar refractivity (Wildman–Crippen MR) is 102 cm³/mol. The van der Waals surface area contributed by atoms with Gasteiger partial charge in [0.1, 0.15) is 5.75 Å². The van der Waals surface area contributed by atoms with Crippen LogP contribution >= 0.6 is 0 Å². The average molecular weight is 334 g/mol. The number of rotatable bonds is 9. The number of hydrogen-bond donors (Lipinski definition) is 1. The van der Waals surface area contributed by atoms with E-state index in [1.54, 1.807) is 6.92 Å². The molecule has 0 radical (unpaired) electrons. The van der Waals surface area contributed by atoms with Crippen LogP contribution in [0.2, 0.25) is 0 Å². The second kappa shape index (κ2) is 9.71. The fraction of sp³-hybridized carbons (Fsp3) is 0.667. The van der Waals surface area contributed by atoms with E-state index in [4.69, 9.17) is 4.74 Å². The van der Waals surface area contributed by atoms with Crippen molar-refractivity contribution in [2.45, 2.75) is 78.7 Å². The second-order valence-electron chi connectivity index (χ2n) is 7.70. The maximum absolute atomic E-state index is 12.2. The lowest BCUT2D eigenvalue weighted by atomic mass is 9.87. The van der Waals surface area contributed by atoms with Gasteiger partial charge in [0.25, 0.3) is 5.91 Å². The first kappa shape index (κ1) is 20.5. The Morgan fingerprint density at radius 3 is 2.29 bits per heavy atom. The molecule has 0 aromatic heterocycles. The van der Waals surface area contributed by atoms with Gasteiger partial charge in [0.2, 0.25) is 0 Å². The largest absolute Gasteiger partial charge is 0.481 e. The third-order valence-electron chi connectivity index (χ3n) is 4.51. The number of benzene rings is 1. The van der Waals surface area contributed by atoms with E-state index in [0.29, 0.717) is 5.92 Å². The fourth-order valence-corrected chi connectivity index (χ4v) is 2.62. The monoisotopic (exact) mass is 333 g/mol. The quantitative estimate of drug-likeness (QED) is 0.684. The van der Waals surface area contributed by atoms with Crippen LogP contribution in [0.3, 0.4) is 0 Å². The molecule has 1 amide bonds. The van der Waals surface area contributed by atoms with Crippen molar-refractivity contribution in [3.05, 3.63) is 29.8 Å². The number of carbonyl (C=O) groups is 1. The normalized spacial score (nSPS) is 14.1. The lowest BCUT2D eigenvalue weighted by Gasteiger charge is -2.21. The van der Waals surface area contributed by atoms with Crippen molar-refractivity contribution >= 4 is 5.91 Å². The van der Waals surface area contributed by atoms with Crippen LogP contribution < -0.4 is 10.1 Å². The van der Waals surface area contributed by atoms with Crippen molar-refractivity contribution < 1.29 is 9.53 Å². The first-order valence-electron chi connectivity index (χ1n) is 9.32. The van der Waals surface area contributed by atoms with Crippen LogP contribution in [0.1, 0.15) is 72.8 Å². The molecule has 0 aliphatic carbocycles. The molecule has 1 N–H and O–H groups in total. The summed E-state index contributed by atoms with van der Waals surface area (Å²) in [5, 5.41) is 3.03. The van der Waals surface area contributed by atoms with E-state index in [1.165, 1.54) is 24.8 Å². The number of unbranched alkanes of at least 4 members (excludes halogenated alkanes) is 1. The molecule has 0 saturated carbocycles. The van der Waals surface area contributed by atoms with Gasteiger partial charge in [-0.1, -0.05) is 66.0 Å². The third kappa shape index (κ3) is 6.94. The van der Waals surface area contributed by atoms with Gasteiger partial charge in [-0.25, -0.2) is 0 Å². The van der Waals surface area contributed by atoms with E-state index in [2.05, 4.69) is 52.1 Å². The first-order valence-corrected chi connectivity index (χ1v) is 9.32. The van der Waals surface area contributed by atoms with Crippen molar-refractivity contribution in [3.63, 3.8) is 0 Å². The molecular weight excluding hydrogens is 298 g/mol. The van der Waals surface area contributed by atoms with Gasteiger partial charge >= 0.3 is 0 Å². The van der Waals surface area contributed by atoms with Gasteiger partial charge < -0.3 is 10.1 Å². The fourth-order valence-electron chi connectivity index (χ4n) is 2.62. The summed E-state index contributed by atoms with van der Waals surface area (Å²) in [4.78, 5) is 12.2. The molecule has 0 heterocycles. The third-order valence-corrected chi connectivity index (χ3v) is 4.51. The van der Waals surface area contributed by atoms with Gasteiger partial charge in [0, 0.05) is 6.54 Å². The minimum atomic E-state index is -0.478. The smallest absolute Gasteiger partial charge is 0.260 e. The molecule has 0 bridgehead atoms. The zero-order valence-electron chi connectivity index (χ0n) is 16.3. The van der Waals surface area contributed by atoms with Crippen LogP contribution in [0.4, 0.5) is 0 Å². The number of ether oxygens (including phenoxy) is 1. The minimum absolute atomic E-state index is 0.0372. The molecule has 3 nitrogen and oxygen atoms in total. The standard InChI is InChI=1S/C21H35NO2/c1-7-9-10-17(8-2)15-22-20(23)16(3)24-19-13-11-18(12-14-19)21(4,5)6/h11-14,16-17H,7-10,15H2,1-6H3,(H,22,23)/t16-,17+/m1/s1. The summed E-state index contributed by atoms with van der Waals surface area (Å²) >= 11 is 0. The molecule has 1 aromatic rings. The molecule has 3 heteroatoms. The molecule has 0 spiro atoms.